The van der Waals surface area contributed by atoms with Gasteiger partial charge in [-0.2, -0.15) is 0 Å². The van der Waals surface area contributed by atoms with Crippen molar-refractivity contribution in [2.24, 2.45) is 0 Å². The number of methoxy groups -OCH3 is 2. The Hall–Kier alpha value is -1.26. The van der Waals surface area contributed by atoms with E-state index < -0.39 is 0 Å². The number of hydrogen-bond acceptors (Lipinski definition) is 4. The molecule has 0 unspecified atom stereocenters. The van der Waals surface area contributed by atoms with Crippen LogP contribution in [0.2, 0.25) is 0 Å². The lowest BCUT2D eigenvalue weighted by molar-refractivity contribution is 0.413. The zero-order chi connectivity index (χ0) is 15.2. The first kappa shape index (κ1) is 16.1. The molecular weight excluding hydrogens is 300 g/mol. The number of aryl methyl sites for hydroxylation is 2. The van der Waals surface area contributed by atoms with Crippen molar-refractivity contribution in [3.8, 4) is 11.5 Å². The van der Waals surface area contributed by atoms with Crippen LogP contribution in [0.15, 0.2) is 46.2 Å². The van der Waals surface area contributed by atoms with Crippen molar-refractivity contribution < 1.29 is 9.47 Å². The van der Waals surface area contributed by atoms with Gasteiger partial charge in [0.1, 0.15) is 11.5 Å². The maximum absolute atomic E-state index is 5.19. The summed E-state index contributed by atoms with van der Waals surface area (Å²) in [6, 6.07) is 12.0. The first-order chi connectivity index (χ1) is 10.1. The van der Waals surface area contributed by atoms with Crippen molar-refractivity contribution >= 4 is 25.3 Å². The van der Waals surface area contributed by atoms with Gasteiger partial charge in [0.2, 0.25) is 0 Å². The summed E-state index contributed by atoms with van der Waals surface area (Å²) >= 11 is 9.03. The van der Waals surface area contributed by atoms with Crippen LogP contribution in [-0.4, -0.2) is 14.2 Å². The SMILES string of the molecule is COc1ccc(CCCc2ccc(OC)cc2S)c(S)c1. The van der Waals surface area contributed by atoms with E-state index in [4.69, 9.17) is 9.47 Å². The molecule has 0 fully saturated rings. The number of hydrogen-bond donors (Lipinski definition) is 2. The quantitative estimate of drug-likeness (QED) is 0.766. The average molecular weight is 320 g/mol. The molecule has 0 saturated carbocycles. The third-order valence-corrected chi connectivity index (χ3v) is 4.31. The molecule has 2 aromatic carbocycles. The van der Waals surface area contributed by atoms with Gasteiger partial charge in [0.15, 0.2) is 0 Å². The first-order valence-corrected chi connectivity index (χ1v) is 7.75. The zero-order valence-corrected chi connectivity index (χ0v) is 14.1. The van der Waals surface area contributed by atoms with Crippen molar-refractivity contribution in [2.45, 2.75) is 29.1 Å². The van der Waals surface area contributed by atoms with Crippen LogP contribution in [0.1, 0.15) is 17.5 Å². The van der Waals surface area contributed by atoms with Gasteiger partial charge in [-0.25, -0.2) is 0 Å². The Morgan fingerprint density at radius 3 is 1.52 bits per heavy atom. The monoisotopic (exact) mass is 320 g/mol. The number of ether oxygens (including phenoxy) is 2. The number of thiol groups is 2. The molecule has 0 radical (unpaired) electrons. The zero-order valence-electron chi connectivity index (χ0n) is 12.3. The van der Waals surface area contributed by atoms with E-state index in [2.05, 4.69) is 37.4 Å². The standard InChI is InChI=1S/C17H20O2S2/c1-18-14-8-6-12(16(20)10-14)4-3-5-13-7-9-15(19-2)11-17(13)21/h6-11,20-21H,3-5H2,1-2H3. The third-order valence-electron chi connectivity index (χ3n) is 3.48. The summed E-state index contributed by atoms with van der Waals surface area (Å²) in [5, 5.41) is 0. The third kappa shape index (κ3) is 4.35. The first-order valence-electron chi connectivity index (χ1n) is 6.86. The Bertz CT molecular complexity index is 558. The Labute approximate surface area is 137 Å². The molecule has 0 N–H and O–H groups in total. The summed E-state index contributed by atoms with van der Waals surface area (Å²) in [4.78, 5) is 1.96. The smallest absolute Gasteiger partial charge is 0.119 e. The van der Waals surface area contributed by atoms with Crippen molar-refractivity contribution in [1.29, 1.82) is 0 Å². The molecule has 0 aliphatic rings. The molecule has 0 aliphatic carbocycles. The van der Waals surface area contributed by atoms with Gasteiger partial charge in [0.25, 0.3) is 0 Å². The Kier molecular flexibility index (Phi) is 5.88. The van der Waals surface area contributed by atoms with Crippen LogP contribution < -0.4 is 9.47 Å². The normalized spacial score (nSPS) is 10.5. The maximum Gasteiger partial charge on any atom is 0.119 e. The average Bonchev–Trinajstić information content (AvgIpc) is 2.50. The van der Waals surface area contributed by atoms with Gasteiger partial charge in [0, 0.05) is 9.79 Å². The Morgan fingerprint density at radius 2 is 1.19 bits per heavy atom. The molecule has 0 atom stereocenters. The molecule has 0 aliphatic heterocycles. The van der Waals surface area contributed by atoms with Crippen molar-refractivity contribution in [2.75, 3.05) is 14.2 Å². The molecule has 0 saturated heterocycles. The minimum absolute atomic E-state index is 0.844. The van der Waals surface area contributed by atoms with Crippen LogP contribution in [0.3, 0.4) is 0 Å². The van der Waals surface area contributed by atoms with E-state index in [1.54, 1.807) is 14.2 Å². The van der Waals surface area contributed by atoms with Crippen LogP contribution in [0.5, 0.6) is 11.5 Å². The van der Waals surface area contributed by atoms with Crippen molar-refractivity contribution in [3.05, 3.63) is 47.5 Å². The van der Waals surface area contributed by atoms with E-state index in [0.717, 1.165) is 40.6 Å². The van der Waals surface area contributed by atoms with E-state index >= 15 is 0 Å². The molecule has 0 heterocycles. The van der Waals surface area contributed by atoms with Gasteiger partial charge in [0.05, 0.1) is 14.2 Å². The highest BCUT2D eigenvalue weighted by molar-refractivity contribution is 7.80. The van der Waals surface area contributed by atoms with Gasteiger partial charge >= 0.3 is 0 Å². The summed E-state index contributed by atoms with van der Waals surface area (Å²) < 4.78 is 10.4. The predicted molar refractivity (Wildman–Crippen MR) is 92.5 cm³/mol. The second-order valence-corrected chi connectivity index (χ2v) is 5.81. The van der Waals surface area contributed by atoms with E-state index in [0.29, 0.717) is 0 Å². The molecular formula is C17H20O2S2. The largest absolute Gasteiger partial charge is 0.497 e. The maximum atomic E-state index is 5.19. The van der Waals surface area contributed by atoms with Crippen LogP contribution in [0.4, 0.5) is 0 Å². The van der Waals surface area contributed by atoms with E-state index in [1.807, 2.05) is 24.3 Å². The topological polar surface area (TPSA) is 18.5 Å². The summed E-state index contributed by atoms with van der Waals surface area (Å²) in [6.45, 7) is 0. The number of benzene rings is 2. The fourth-order valence-electron chi connectivity index (χ4n) is 2.23. The van der Waals surface area contributed by atoms with Gasteiger partial charge in [-0.05, 0) is 54.7 Å². The fraction of sp³-hybridized carbons (Fsp3) is 0.294. The lowest BCUT2D eigenvalue weighted by atomic mass is 10.0. The molecule has 21 heavy (non-hydrogen) atoms. The van der Waals surface area contributed by atoms with Gasteiger partial charge in [-0.15, -0.1) is 25.3 Å². The van der Waals surface area contributed by atoms with Crippen LogP contribution in [0.25, 0.3) is 0 Å². The molecule has 0 amide bonds. The summed E-state index contributed by atoms with van der Waals surface area (Å²) in [6.07, 6.45) is 3.03. The Morgan fingerprint density at radius 1 is 0.762 bits per heavy atom. The Balaban J connectivity index is 1.95. The molecule has 2 nitrogen and oxygen atoms in total. The van der Waals surface area contributed by atoms with Gasteiger partial charge in [-0.1, -0.05) is 12.1 Å². The molecule has 0 bridgehead atoms. The molecule has 2 rings (SSSR count). The van der Waals surface area contributed by atoms with Crippen molar-refractivity contribution in [1.82, 2.24) is 0 Å². The van der Waals surface area contributed by atoms with Crippen LogP contribution in [0, 0.1) is 0 Å². The van der Waals surface area contributed by atoms with Crippen molar-refractivity contribution in [3.63, 3.8) is 0 Å². The van der Waals surface area contributed by atoms with Gasteiger partial charge < -0.3 is 9.47 Å². The summed E-state index contributed by atoms with van der Waals surface area (Å²) in [7, 11) is 3.33. The van der Waals surface area contributed by atoms with Crippen LogP contribution in [-0.2, 0) is 12.8 Å². The second-order valence-electron chi connectivity index (χ2n) is 4.84. The highest BCUT2D eigenvalue weighted by atomic mass is 32.1. The second kappa shape index (κ2) is 7.66. The minimum Gasteiger partial charge on any atom is -0.497 e. The molecule has 112 valence electrons. The summed E-state index contributed by atoms with van der Waals surface area (Å²) in [5.41, 5.74) is 2.49. The lowest BCUT2D eigenvalue weighted by Crippen LogP contribution is -1.94. The molecule has 2 aromatic rings. The predicted octanol–water partition coefficient (Wildman–Crippen LogP) is 4.46. The highest BCUT2D eigenvalue weighted by Crippen LogP contribution is 2.25. The molecule has 0 aromatic heterocycles. The summed E-state index contributed by atoms with van der Waals surface area (Å²) in [5.74, 6) is 1.69. The fourth-order valence-corrected chi connectivity index (χ4v) is 2.86. The van der Waals surface area contributed by atoms with Crippen LogP contribution >= 0.6 is 25.3 Å². The number of rotatable bonds is 6. The minimum atomic E-state index is 0.844. The molecule has 4 heteroatoms. The lowest BCUT2D eigenvalue weighted by Gasteiger charge is -2.09. The van der Waals surface area contributed by atoms with E-state index in [-0.39, 0.29) is 0 Å². The van der Waals surface area contributed by atoms with Gasteiger partial charge in [-0.3, -0.25) is 0 Å². The molecule has 0 spiro atoms. The van der Waals surface area contributed by atoms with E-state index in [9.17, 15) is 0 Å². The highest BCUT2D eigenvalue weighted by Gasteiger charge is 2.04. The van der Waals surface area contributed by atoms with E-state index in [1.165, 1.54) is 11.1 Å².